The summed E-state index contributed by atoms with van der Waals surface area (Å²) >= 11 is 1.54. The Morgan fingerprint density at radius 2 is 1.90 bits per heavy atom. The Morgan fingerprint density at radius 1 is 1.13 bits per heavy atom. The molecule has 0 radical (unpaired) electrons. The first-order valence-corrected chi connectivity index (χ1v) is 10.7. The molecule has 2 aromatic heterocycles. The van der Waals surface area contributed by atoms with Crippen LogP contribution >= 0.6 is 11.3 Å². The summed E-state index contributed by atoms with van der Waals surface area (Å²) in [5, 5.41) is 22.7. The molecule has 0 aliphatic carbocycles. The highest BCUT2D eigenvalue weighted by Gasteiger charge is 2.14. The Labute approximate surface area is 179 Å². The van der Waals surface area contributed by atoms with Crippen LogP contribution in [0.25, 0.3) is 6.08 Å². The number of benzene rings is 1. The maximum absolute atomic E-state index is 11.8. The third-order valence-corrected chi connectivity index (χ3v) is 5.57. The molecule has 0 amide bonds. The van der Waals surface area contributed by atoms with E-state index in [-0.39, 0.29) is 5.56 Å². The zero-order valence-electron chi connectivity index (χ0n) is 16.7. The van der Waals surface area contributed by atoms with Crippen LogP contribution in [0.2, 0.25) is 0 Å². The maximum atomic E-state index is 11.8. The van der Waals surface area contributed by atoms with Crippen LogP contribution in [0.1, 0.15) is 52.8 Å². The van der Waals surface area contributed by atoms with Crippen molar-refractivity contribution in [3.05, 3.63) is 81.1 Å². The smallest absolute Gasteiger partial charge is 0.335 e. The van der Waals surface area contributed by atoms with Gasteiger partial charge in [0.1, 0.15) is 5.82 Å². The molecule has 6 nitrogen and oxygen atoms in total. The van der Waals surface area contributed by atoms with E-state index in [1.807, 2.05) is 21.4 Å². The molecule has 2 heterocycles. The number of aliphatic carboxylic acids is 1. The van der Waals surface area contributed by atoms with Crippen molar-refractivity contribution >= 4 is 29.4 Å². The highest BCUT2D eigenvalue weighted by atomic mass is 32.1. The fourth-order valence-corrected chi connectivity index (χ4v) is 3.85. The van der Waals surface area contributed by atoms with E-state index in [4.69, 9.17) is 5.11 Å². The fraction of sp³-hybridized carbons (Fsp3) is 0.261. The molecule has 0 saturated heterocycles. The monoisotopic (exact) mass is 424 g/mol. The summed E-state index contributed by atoms with van der Waals surface area (Å²) < 4.78 is 2.02. The SMILES string of the molecule is CCCCc1ncc(/C=C(\Cc2ccsc2)C(=O)O)n1Cc1ccc(C(=O)O)cc1. The molecule has 0 fully saturated rings. The van der Waals surface area contributed by atoms with Gasteiger partial charge in [0.2, 0.25) is 0 Å². The zero-order valence-corrected chi connectivity index (χ0v) is 17.6. The van der Waals surface area contributed by atoms with Gasteiger partial charge in [-0.1, -0.05) is 25.5 Å². The van der Waals surface area contributed by atoms with Crippen molar-refractivity contribution in [2.45, 2.75) is 39.2 Å². The Morgan fingerprint density at radius 3 is 2.50 bits per heavy atom. The summed E-state index contributed by atoms with van der Waals surface area (Å²) in [6, 6.07) is 8.65. The number of unbranched alkanes of at least 4 members (excludes halogenated alkanes) is 1. The van der Waals surface area contributed by atoms with E-state index in [9.17, 15) is 14.7 Å². The summed E-state index contributed by atoms with van der Waals surface area (Å²) in [6.45, 7) is 2.61. The van der Waals surface area contributed by atoms with Crippen LogP contribution in [0.5, 0.6) is 0 Å². The van der Waals surface area contributed by atoms with Gasteiger partial charge in [0.05, 0.1) is 17.5 Å². The molecule has 2 N–H and O–H groups in total. The summed E-state index contributed by atoms with van der Waals surface area (Å²) in [6.07, 6.45) is 6.57. The lowest BCUT2D eigenvalue weighted by Crippen LogP contribution is -2.09. The number of aromatic carboxylic acids is 1. The number of carboxylic acids is 2. The average molecular weight is 425 g/mol. The number of hydrogen-bond acceptors (Lipinski definition) is 4. The van der Waals surface area contributed by atoms with E-state index in [1.54, 1.807) is 47.9 Å². The molecule has 0 atom stereocenters. The maximum Gasteiger partial charge on any atom is 0.335 e. The Balaban J connectivity index is 1.94. The second-order valence-electron chi connectivity index (χ2n) is 7.07. The lowest BCUT2D eigenvalue weighted by Gasteiger charge is -2.12. The lowest BCUT2D eigenvalue weighted by molar-refractivity contribution is -0.132. The van der Waals surface area contributed by atoms with E-state index in [0.29, 0.717) is 18.5 Å². The number of imidazole rings is 1. The van der Waals surface area contributed by atoms with Crippen LogP contribution in [-0.4, -0.2) is 31.7 Å². The van der Waals surface area contributed by atoms with Crippen molar-refractivity contribution in [1.82, 2.24) is 9.55 Å². The van der Waals surface area contributed by atoms with E-state index in [2.05, 4.69) is 11.9 Å². The standard InChI is InChI=1S/C23H24N2O4S/c1-2-3-4-21-24-13-20(12-19(23(28)29)11-17-9-10-30-15-17)25(21)14-16-5-7-18(8-6-16)22(26)27/h5-10,12-13,15H,2-4,11,14H2,1H3,(H,26,27)(H,28,29)/b19-12+. The van der Waals surface area contributed by atoms with Gasteiger partial charge in [-0.05, 0) is 52.6 Å². The molecule has 0 spiro atoms. The molecular weight excluding hydrogens is 400 g/mol. The van der Waals surface area contributed by atoms with Crippen LogP contribution in [0.4, 0.5) is 0 Å². The van der Waals surface area contributed by atoms with Crippen LogP contribution in [0.15, 0.2) is 52.9 Å². The summed E-state index contributed by atoms with van der Waals surface area (Å²) in [7, 11) is 0. The van der Waals surface area contributed by atoms with Gasteiger partial charge in [-0.25, -0.2) is 14.6 Å². The summed E-state index contributed by atoms with van der Waals surface area (Å²) in [5.41, 5.74) is 3.17. The zero-order chi connectivity index (χ0) is 21.5. The number of rotatable bonds is 10. The van der Waals surface area contributed by atoms with E-state index in [1.165, 1.54) is 0 Å². The van der Waals surface area contributed by atoms with Crippen molar-refractivity contribution in [3.8, 4) is 0 Å². The summed E-state index contributed by atoms with van der Waals surface area (Å²) in [4.78, 5) is 27.5. The van der Waals surface area contributed by atoms with Gasteiger partial charge < -0.3 is 14.8 Å². The molecule has 1 aromatic carbocycles. The predicted octanol–water partition coefficient (Wildman–Crippen LogP) is 4.74. The molecule has 30 heavy (non-hydrogen) atoms. The Hall–Kier alpha value is -3.19. The lowest BCUT2D eigenvalue weighted by atomic mass is 10.1. The molecular formula is C23H24N2O4S. The van der Waals surface area contributed by atoms with E-state index in [0.717, 1.165) is 41.9 Å². The predicted molar refractivity (Wildman–Crippen MR) is 117 cm³/mol. The van der Waals surface area contributed by atoms with Crippen LogP contribution in [0, 0.1) is 0 Å². The largest absolute Gasteiger partial charge is 0.478 e. The van der Waals surface area contributed by atoms with Gasteiger partial charge in [0.15, 0.2) is 0 Å². The quantitative estimate of drug-likeness (QED) is 0.459. The van der Waals surface area contributed by atoms with Crippen LogP contribution < -0.4 is 0 Å². The minimum Gasteiger partial charge on any atom is -0.478 e. The van der Waals surface area contributed by atoms with Crippen molar-refractivity contribution in [2.24, 2.45) is 0 Å². The highest BCUT2D eigenvalue weighted by molar-refractivity contribution is 7.07. The highest BCUT2D eigenvalue weighted by Crippen LogP contribution is 2.19. The molecule has 3 rings (SSSR count). The topological polar surface area (TPSA) is 92.4 Å². The number of hydrogen-bond donors (Lipinski definition) is 2. The van der Waals surface area contributed by atoms with Gasteiger partial charge in [-0.3, -0.25) is 0 Å². The number of aromatic nitrogens is 2. The minimum atomic E-state index is -0.962. The number of thiophene rings is 1. The van der Waals surface area contributed by atoms with Crippen LogP contribution in [-0.2, 0) is 24.2 Å². The molecule has 156 valence electrons. The van der Waals surface area contributed by atoms with Crippen LogP contribution in [0.3, 0.4) is 0 Å². The van der Waals surface area contributed by atoms with Gasteiger partial charge in [-0.2, -0.15) is 11.3 Å². The minimum absolute atomic E-state index is 0.236. The van der Waals surface area contributed by atoms with Crippen molar-refractivity contribution in [3.63, 3.8) is 0 Å². The second-order valence-corrected chi connectivity index (χ2v) is 7.85. The van der Waals surface area contributed by atoms with Gasteiger partial charge in [0, 0.05) is 25.0 Å². The van der Waals surface area contributed by atoms with E-state index >= 15 is 0 Å². The first-order chi connectivity index (χ1) is 14.5. The normalized spacial score (nSPS) is 11.6. The first kappa shape index (κ1) is 21.5. The number of nitrogens with zero attached hydrogens (tertiary/aromatic N) is 2. The molecule has 0 saturated carbocycles. The number of carbonyl (C=O) groups is 2. The van der Waals surface area contributed by atoms with Gasteiger partial charge in [-0.15, -0.1) is 0 Å². The molecule has 0 aliphatic heterocycles. The number of aryl methyl sites for hydroxylation is 1. The molecule has 7 heteroatoms. The van der Waals surface area contributed by atoms with Crippen molar-refractivity contribution < 1.29 is 19.8 Å². The Bertz CT molecular complexity index is 1030. The molecule has 0 bridgehead atoms. The van der Waals surface area contributed by atoms with Crippen molar-refractivity contribution in [2.75, 3.05) is 0 Å². The van der Waals surface area contributed by atoms with Gasteiger partial charge in [0.25, 0.3) is 0 Å². The third-order valence-electron chi connectivity index (χ3n) is 4.84. The average Bonchev–Trinajstić information content (AvgIpc) is 3.37. The molecule has 0 unspecified atom stereocenters. The molecule has 0 aliphatic rings. The molecule has 3 aromatic rings. The second kappa shape index (κ2) is 10.0. The van der Waals surface area contributed by atoms with Gasteiger partial charge >= 0.3 is 11.9 Å². The number of carboxylic acid groups (broad SMARTS) is 2. The Kier molecular flexibility index (Phi) is 7.19. The first-order valence-electron chi connectivity index (χ1n) is 9.79. The summed E-state index contributed by atoms with van der Waals surface area (Å²) in [5.74, 6) is -1.02. The third kappa shape index (κ3) is 5.45. The fourth-order valence-electron chi connectivity index (χ4n) is 3.18. The van der Waals surface area contributed by atoms with Crippen molar-refractivity contribution in [1.29, 1.82) is 0 Å². The van der Waals surface area contributed by atoms with E-state index < -0.39 is 11.9 Å².